The average Bonchev–Trinajstić information content (AvgIpc) is 3.37. The predicted octanol–water partition coefficient (Wildman–Crippen LogP) is 4.12. The van der Waals surface area contributed by atoms with Gasteiger partial charge >= 0.3 is 0 Å². The second kappa shape index (κ2) is 7.89. The third kappa shape index (κ3) is 3.43. The fourth-order valence-corrected chi connectivity index (χ4v) is 5.89. The van der Waals surface area contributed by atoms with E-state index in [0.717, 1.165) is 39.1 Å². The number of imidazole rings is 1. The Morgan fingerprint density at radius 2 is 1.94 bits per heavy atom. The number of nitrogens with zero attached hydrogens (tertiary/aromatic N) is 4. The van der Waals surface area contributed by atoms with Gasteiger partial charge in [0.1, 0.15) is 5.82 Å². The number of likely N-dealkylation sites (tertiary alicyclic amines) is 1. The first-order valence-electron chi connectivity index (χ1n) is 12.2. The van der Waals surface area contributed by atoms with Crippen molar-refractivity contribution >= 4 is 16.7 Å². The van der Waals surface area contributed by atoms with Gasteiger partial charge in [-0.2, -0.15) is 0 Å². The van der Waals surface area contributed by atoms with E-state index in [4.69, 9.17) is 9.72 Å². The van der Waals surface area contributed by atoms with E-state index in [1.165, 1.54) is 59.6 Å². The number of benzene rings is 2. The van der Waals surface area contributed by atoms with E-state index >= 15 is 0 Å². The van der Waals surface area contributed by atoms with Crippen molar-refractivity contribution in [1.82, 2.24) is 14.5 Å². The number of aryl methyl sites for hydroxylation is 1. The molecule has 2 fully saturated rings. The monoisotopic (exact) mass is 430 g/mol. The zero-order chi connectivity index (χ0) is 21.7. The summed E-state index contributed by atoms with van der Waals surface area (Å²) in [6.07, 6.45) is 4.48. The summed E-state index contributed by atoms with van der Waals surface area (Å²) in [7, 11) is 2.23. The lowest BCUT2D eigenvalue weighted by Crippen LogP contribution is -2.44. The summed E-state index contributed by atoms with van der Waals surface area (Å²) in [6, 6.07) is 16.0. The molecular weight excluding hydrogens is 396 g/mol. The van der Waals surface area contributed by atoms with Crippen LogP contribution >= 0.6 is 0 Å². The van der Waals surface area contributed by atoms with Gasteiger partial charge in [0.2, 0.25) is 0 Å². The molecule has 5 nitrogen and oxygen atoms in total. The first-order chi connectivity index (χ1) is 15.6. The maximum absolute atomic E-state index is 5.53. The molecule has 3 aliphatic rings. The minimum absolute atomic E-state index is 0.449. The second-order valence-electron chi connectivity index (χ2n) is 10.3. The number of ether oxygens (including phenoxy) is 1. The smallest absolute Gasteiger partial charge is 0.114 e. The van der Waals surface area contributed by atoms with Gasteiger partial charge in [-0.3, -0.25) is 0 Å². The molecule has 1 unspecified atom stereocenters. The van der Waals surface area contributed by atoms with Crippen LogP contribution in [0.25, 0.3) is 11.0 Å². The van der Waals surface area contributed by atoms with Gasteiger partial charge in [-0.25, -0.2) is 4.98 Å². The Balaban J connectivity index is 1.34. The largest absolute Gasteiger partial charge is 0.380 e. The molecule has 6 rings (SSSR count). The number of aromatic nitrogens is 2. The SMILES string of the molecule is CC1CCc2c(ccc3c2nc(Cc2ccccc2)n3CCN2CCC3(COC3)C2)N1C. The van der Waals surface area contributed by atoms with Crippen molar-refractivity contribution in [3.05, 3.63) is 59.4 Å². The van der Waals surface area contributed by atoms with Crippen molar-refractivity contribution in [2.45, 2.75) is 45.2 Å². The molecule has 0 aliphatic carbocycles. The molecule has 32 heavy (non-hydrogen) atoms. The van der Waals surface area contributed by atoms with Crippen molar-refractivity contribution in [1.29, 1.82) is 0 Å². The number of hydrogen-bond acceptors (Lipinski definition) is 4. The quantitative estimate of drug-likeness (QED) is 0.610. The molecule has 5 heteroatoms. The minimum Gasteiger partial charge on any atom is -0.380 e. The topological polar surface area (TPSA) is 33.5 Å². The normalized spacial score (nSPS) is 22.4. The number of rotatable bonds is 5. The van der Waals surface area contributed by atoms with Gasteiger partial charge in [-0.05, 0) is 50.4 Å². The Hall–Kier alpha value is -2.37. The van der Waals surface area contributed by atoms with Crippen LogP contribution in [0, 0.1) is 5.41 Å². The predicted molar refractivity (Wildman–Crippen MR) is 129 cm³/mol. The summed E-state index contributed by atoms with van der Waals surface area (Å²) in [5.74, 6) is 1.20. The van der Waals surface area contributed by atoms with Crippen LogP contribution in [0.4, 0.5) is 5.69 Å². The Kier molecular flexibility index (Phi) is 4.99. The average molecular weight is 431 g/mol. The fraction of sp³-hybridized carbons (Fsp3) is 0.519. The molecule has 0 saturated carbocycles. The van der Waals surface area contributed by atoms with Gasteiger partial charge in [0.05, 0.1) is 24.2 Å². The number of anilines is 1. The highest BCUT2D eigenvalue weighted by molar-refractivity contribution is 5.86. The van der Waals surface area contributed by atoms with Crippen molar-refractivity contribution < 1.29 is 4.74 Å². The summed E-state index contributed by atoms with van der Waals surface area (Å²) in [4.78, 5) is 10.3. The van der Waals surface area contributed by atoms with E-state index < -0.39 is 0 Å². The van der Waals surface area contributed by atoms with Crippen LogP contribution in [0.15, 0.2) is 42.5 Å². The van der Waals surface area contributed by atoms with Crippen LogP contribution in [0.3, 0.4) is 0 Å². The van der Waals surface area contributed by atoms with Crippen LogP contribution in [0.5, 0.6) is 0 Å². The third-order valence-electron chi connectivity index (χ3n) is 8.11. The van der Waals surface area contributed by atoms with Gasteiger partial charge in [-0.15, -0.1) is 0 Å². The van der Waals surface area contributed by atoms with E-state index in [1.807, 2.05) is 0 Å². The molecule has 1 aromatic heterocycles. The van der Waals surface area contributed by atoms with Gasteiger partial charge in [0.15, 0.2) is 0 Å². The van der Waals surface area contributed by atoms with E-state index in [0.29, 0.717) is 11.5 Å². The summed E-state index contributed by atoms with van der Waals surface area (Å²) in [5, 5.41) is 0. The van der Waals surface area contributed by atoms with Crippen molar-refractivity contribution in [2.24, 2.45) is 5.41 Å². The molecule has 168 valence electrons. The van der Waals surface area contributed by atoms with Gasteiger partial charge in [0.25, 0.3) is 0 Å². The fourth-order valence-electron chi connectivity index (χ4n) is 5.89. The summed E-state index contributed by atoms with van der Waals surface area (Å²) in [6.45, 7) is 8.70. The summed E-state index contributed by atoms with van der Waals surface area (Å²) < 4.78 is 8.03. The first kappa shape index (κ1) is 20.3. The zero-order valence-electron chi connectivity index (χ0n) is 19.4. The molecule has 0 amide bonds. The highest BCUT2D eigenvalue weighted by atomic mass is 16.5. The summed E-state index contributed by atoms with van der Waals surface area (Å²) >= 11 is 0. The molecule has 0 radical (unpaired) electrons. The molecule has 0 bridgehead atoms. The Labute approximate surface area is 191 Å². The summed E-state index contributed by atoms with van der Waals surface area (Å²) in [5.41, 5.74) is 7.09. The Morgan fingerprint density at radius 3 is 2.69 bits per heavy atom. The molecule has 1 atom stereocenters. The standard InChI is InChI=1S/C27H34N4O/c1-20-8-9-22-23(29(20)2)10-11-24-26(22)28-25(16-21-6-4-3-5-7-21)31(24)15-14-30-13-12-27(17-30)18-32-19-27/h3-7,10-11,20H,8-9,12-19H2,1-2H3. The van der Waals surface area contributed by atoms with Crippen molar-refractivity contribution in [3.63, 3.8) is 0 Å². The third-order valence-corrected chi connectivity index (χ3v) is 8.11. The van der Waals surface area contributed by atoms with Gasteiger partial charge < -0.3 is 19.1 Å². The van der Waals surface area contributed by atoms with Gasteiger partial charge in [-0.1, -0.05) is 30.3 Å². The molecule has 2 aromatic carbocycles. The van der Waals surface area contributed by atoms with E-state index in [1.54, 1.807) is 0 Å². The molecule has 3 aliphatic heterocycles. The van der Waals surface area contributed by atoms with Crippen LogP contribution in [0.2, 0.25) is 0 Å². The lowest BCUT2D eigenvalue weighted by molar-refractivity contribution is -0.105. The van der Waals surface area contributed by atoms with Crippen molar-refractivity contribution in [2.75, 3.05) is 44.8 Å². The molecule has 4 heterocycles. The molecule has 2 saturated heterocycles. The second-order valence-corrected chi connectivity index (χ2v) is 10.3. The maximum Gasteiger partial charge on any atom is 0.114 e. The van der Waals surface area contributed by atoms with Crippen molar-refractivity contribution in [3.8, 4) is 0 Å². The molecule has 1 spiro atoms. The van der Waals surface area contributed by atoms with E-state index in [9.17, 15) is 0 Å². The van der Waals surface area contributed by atoms with E-state index in [2.05, 4.69) is 70.8 Å². The van der Waals surface area contributed by atoms with E-state index in [-0.39, 0.29) is 0 Å². The number of hydrogen-bond donors (Lipinski definition) is 0. The Morgan fingerprint density at radius 1 is 1.09 bits per heavy atom. The van der Waals surface area contributed by atoms with Crippen LogP contribution in [-0.4, -0.2) is 60.4 Å². The highest BCUT2D eigenvalue weighted by Gasteiger charge is 2.44. The van der Waals surface area contributed by atoms with Crippen LogP contribution in [0.1, 0.15) is 36.7 Å². The van der Waals surface area contributed by atoms with Crippen LogP contribution in [-0.2, 0) is 24.1 Å². The van der Waals surface area contributed by atoms with Crippen LogP contribution < -0.4 is 4.90 Å². The minimum atomic E-state index is 0.449. The zero-order valence-corrected chi connectivity index (χ0v) is 19.4. The lowest BCUT2D eigenvalue weighted by Gasteiger charge is -2.37. The highest BCUT2D eigenvalue weighted by Crippen LogP contribution is 2.38. The van der Waals surface area contributed by atoms with Gasteiger partial charge in [0, 0.05) is 55.8 Å². The Bertz CT molecular complexity index is 1120. The molecule has 3 aromatic rings. The maximum atomic E-state index is 5.53. The molecule has 0 N–H and O–H groups in total. The molecular formula is C27H34N4O. The lowest BCUT2D eigenvalue weighted by atomic mass is 9.85. The first-order valence-corrected chi connectivity index (χ1v) is 12.2. The number of fused-ring (bicyclic) bond motifs is 3.